The van der Waals surface area contributed by atoms with E-state index in [9.17, 15) is 10.2 Å². The fourth-order valence-corrected chi connectivity index (χ4v) is 4.81. The van der Waals surface area contributed by atoms with E-state index in [0.717, 1.165) is 53.8 Å². The topological polar surface area (TPSA) is 65.4 Å². The van der Waals surface area contributed by atoms with Crippen molar-refractivity contribution in [1.82, 2.24) is 9.80 Å². The summed E-state index contributed by atoms with van der Waals surface area (Å²) in [4.78, 5) is 4.51. The number of hydrogen-bond acceptors (Lipinski definition) is 6. The molecule has 1 saturated heterocycles. The number of aliphatic hydroxyl groups is 2. The zero-order chi connectivity index (χ0) is 24.7. The van der Waals surface area contributed by atoms with Gasteiger partial charge < -0.3 is 19.7 Å². The summed E-state index contributed by atoms with van der Waals surface area (Å²) < 4.78 is 11.8. The lowest BCUT2D eigenvalue weighted by Crippen LogP contribution is -2.51. The molecule has 1 aliphatic heterocycles. The highest BCUT2D eigenvalue weighted by molar-refractivity contribution is 5.88. The van der Waals surface area contributed by atoms with Gasteiger partial charge in [0.15, 0.2) is 0 Å². The standard InChI is InChI=1S/C30H34N2O4/c33-26(21-35-28-13-12-23-6-1-2-8-25(23)18-28)19-31-14-16-32(17-15-31)20-27(34)22-36-30-11-5-9-24-7-3-4-10-29(24)30/h1-13,18,26-27,33-34H,14-17,19-22H2/t26-,27-/m1/s1. The van der Waals surface area contributed by atoms with Crippen LogP contribution in [0.2, 0.25) is 0 Å². The van der Waals surface area contributed by atoms with Gasteiger partial charge in [-0.25, -0.2) is 0 Å². The number of aliphatic hydroxyl groups excluding tert-OH is 2. The van der Waals surface area contributed by atoms with Crippen LogP contribution < -0.4 is 9.47 Å². The smallest absolute Gasteiger partial charge is 0.127 e. The molecule has 2 N–H and O–H groups in total. The highest BCUT2D eigenvalue weighted by Crippen LogP contribution is 2.25. The predicted molar refractivity (Wildman–Crippen MR) is 144 cm³/mol. The van der Waals surface area contributed by atoms with E-state index in [4.69, 9.17) is 9.47 Å². The molecule has 36 heavy (non-hydrogen) atoms. The first-order chi connectivity index (χ1) is 17.6. The third kappa shape index (κ3) is 6.33. The van der Waals surface area contributed by atoms with E-state index in [1.807, 2.05) is 60.7 Å². The Morgan fingerprint density at radius 2 is 1.19 bits per heavy atom. The minimum Gasteiger partial charge on any atom is -0.491 e. The second kappa shape index (κ2) is 11.7. The Hall–Kier alpha value is -3.16. The Morgan fingerprint density at radius 1 is 0.611 bits per heavy atom. The van der Waals surface area contributed by atoms with Crippen LogP contribution in [-0.2, 0) is 0 Å². The lowest BCUT2D eigenvalue weighted by Gasteiger charge is -2.36. The molecular weight excluding hydrogens is 452 g/mol. The largest absolute Gasteiger partial charge is 0.491 e. The predicted octanol–water partition coefficient (Wildman–Crippen LogP) is 3.79. The van der Waals surface area contributed by atoms with Crippen LogP contribution in [0.4, 0.5) is 0 Å². The number of rotatable bonds is 10. The van der Waals surface area contributed by atoms with Gasteiger partial charge in [0, 0.05) is 44.7 Å². The van der Waals surface area contributed by atoms with Crippen LogP contribution >= 0.6 is 0 Å². The molecule has 1 aliphatic rings. The second-order valence-electron chi connectivity index (χ2n) is 9.52. The quantitative estimate of drug-likeness (QED) is 0.356. The Bertz CT molecular complexity index is 1270. The Kier molecular flexibility index (Phi) is 7.98. The van der Waals surface area contributed by atoms with Crippen molar-refractivity contribution < 1.29 is 19.7 Å². The molecule has 188 valence electrons. The molecular formula is C30H34N2O4. The maximum Gasteiger partial charge on any atom is 0.127 e. The van der Waals surface area contributed by atoms with Crippen LogP contribution in [0.3, 0.4) is 0 Å². The number of nitrogens with zero attached hydrogens (tertiary/aromatic N) is 2. The van der Waals surface area contributed by atoms with Crippen molar-refractivity contribution >= 4 is 21.5 Å². The zero-order valence-corrected chi connectivity index (χ0v) is 20.5. The normalized spacial score (nSPS) is 16.7. The maximum absolute atomic E-state index is 10.6. The minimum atomic E-state index is -0.559. The molecule has 5 rings (SSSR count). The molecule has 1 fully saturated rings. The van der Waals surface area contributed by atoms with E-state index in [2.05, 4.69) is 34.1 Å². The molecule has 0 aliphatic carbocycles. The lowest BCUT2D eigenvalue weighted by atomic mass is 10.1. The maximum atomic E-state index is 10.6. The summed E-state index contributed by atoms with van der Waals surface area (Å²) in [5.41, 5.74) is 0. The third-order valence-corrected chi connectivity index (χ3v) is 6.75. The van der Waals surface area contributed by atoms with E-state index >= 15 is 0 Å². The van der Waals surface area contributed by atoms with Crippen LogP contribution in [0, 0.1) is 0 Å². The summed E-state index contributed by atoms with van der Waals surface area (Å²) in [7, 11) is 0. The molecule has 0 amide bonds. The van der Waals surface area contributed by atoms with E-state index in [0.29, 0.717) is 13.1 Å². The third-order valence-electron chi connectivity index (χ3n) is 6.75. The molecule has 6 nitrogen and oxygen atoms in total. The van der Waals surface area contributed by atoms with Gasteiger partial charge in [0.2, 0.25) is 0 Å². The first-order valence-corrected chi connectivity index (χ1v) is 12.7. The van der Waals surface area contributed by atoms with Crippen molar-refractivity contribution in [2.75, 3.05) is 52.5 Å². The molecule has 0 bridgehead atoms. The molecule has 1 heterocycles. The number of piperazine rings is 1. The molecule has 0 aromatic heterocycles. The van der Waals surface area contributed by atoms with Crippen molar-refractivity contribution in [2.45, 2.75) is 12.2 Å². The van der Waals surface area contributed by atoms with Gasteiger partial charge in [-0.1, -0.05) is 66.7 Å². The monoisotopic (exact) mass is 486 g/mol. The molecule has 4 aromatic rings. The van der Waals surface area contributed by atoms with Gasteiger partial charge >= 0.3 is 0 Å². The minimum absolute atomic E-state index is 0.263. The number of β-amino-alcohol motifs (C(OH)–C–C–N with tert-alkyl or cyclic N) is 2. The van der Waals surface area contributed by atoms with E-state index < -0.39 is 12.2 Å². The summed E-state index contributed by atoms with van der Waals surface area (Å²) >= 11 is 0. The van der Waals surface area contributed by atoms with Crippen LogP contribution in [0.15, 0.2) is 84.9 Å². The molecule has 4 aromatic carbocycles. The van der Waals surface area contributed by atoms with Crippen LogP contribution in [0.1, 0.15) is 0 Å². The van der Waals surface area contributed by atoms with Crippen molar-refractivity contribution in [3.63, 3.8) is 0 Å². The first kappa shape index (κ1) is 24.5. The average Bonchev–Trinajstić information content (AvgIpc) is 2.91. The Labute approximate surface area is 212 Å². The van der Waals surface area contributed by atoms with Crippen LogP contribution in [0.5, 0.6) is 11.5 Å². The van der Waals surface area contributed by atoms with Crippen LogP contribution in [-0.4, -0.2) is 84.7 Å². The Balaban J connectivity index is 1.02. The van der Waals surface area contributed by atoms with Crippen LogP contribution in [0.25, 0.3) is 21.5 Å². The summed E-state index contributed by atoms with van der Waals surface area (Å²) in [5.74, 6) is 1.58. The van der Waals surface area contributed by atoms with Crippen molar-refractivity contribution in [3.05, 3.63) is 84.9 Å². The molecule has 0 spiro atoms. The molecule has 0 unspecified atom stereocenters. The van der Waals surface area contributed by atoms with Gasteiger partial charge in [-0.2, -0.15) is 0 Å². The Morgan fingerprint density at radius 3 is 1.92 bits per heavy atom. The van der Waals surface area contributed by atoms with Gasteiger partial charge in [-0.15, -0.1) is 0 Å². The van der Waals surface area contributed by atoms with E-state index in [1.54, 1.807) is 0 Å². The number of benzene rings is 4. The summed E-state index contributed by atoms with van der Waals surface area (Å²) in [5, 5.41) is 25.6. The van der Waals surface area contributed by atoms with E-state index in [1.165, 1.54) is 5.39 Å². The number of fused-ring (bicyclic) bond motifs is 2. The summed E-state index contributed by atoms with van der Waals surface area (Å²) in [6.07, 6.45) is -1.11. The molecule has 0 saturated carbocycles. The van der Waals surface area contributed by atoms with Gasteiger partial charge in [0.1, 0.15) is 36.9 Å². The highest BCUT2D eigenvalue weighted by atomic mass is 16.5. The fraction of sp³-hybridized carbons (Fsp3) is 0.333. The number of hydrogen-bond donors (Lipinski definition) is 2. The van der Waals surface area contributed by atoms with Gasteiger partial charge in [-0.3, -0.25) is 9.80 Å². The zero-order valence-electron chi connectivity index (χ0n) is 20.5. The van der Waals surface area contributed by atoms with Gasteiger partial charge in [0.05, 0.1) is 0 Å². The molecule has 2 atom stereocenters. The first-order valence-electron chi connectivity index (χ1n) is 12.7. The van der Waals surface area contributed by atoms with Crippen molar-refractivity contribution in [3.8, 4) is 11.5 Å². The fourth-order valence-electron chi connectivity index (χ4n) is 4.81. The second-order valence-corrected chi connectivity index (χ2v) is 9.52. The average molecular weight is 487 g/mol. The number of ether oxygens (including phenoxy) is 2. The van der Waals surface area contributed by atoms with Crippen molar-refractivity contribution in [1.29, 1.82) is 0 Å². The highest BCUT2D eigenvalue weighted by Gasteiger charge is 2.21. The molecule has 6 heteroatoms. The van der Waals surface area contributed by atoms with E-state index in [-0.39, 0.29) is 13.2 Å². The van der Waals surface area contributed by atoms with Gasteiger partial charge in [0.25, 0.3) is 0 Å². The lowest BCUT2D eigenvalue weighted by molar-refractivity contribution is 0.0242. The van der Waals surface area contributed by atoms with Gasteiger partial charge in [-0.05, 0) is 34.4 Å². The summed E-state index contributed by atoms with van der Waals surface area (Å²) in [6.45, 7) is 5.09. The molecule has 0 radical (unpaired) electrons. The SMILES string of the molecule is O[C@@H](COc1ccc2ccccc2c1)CN1CCN(C[C@@H](O)COc2cccc3ccccc23)CC1. The summed E-state index contributed by atoms with van der Waals surface area (Å²) in [6, 6.07) is 28.3. The van der Waals surface area contributed by atoms with Crippen molar-refractivity contribution in [2.24, 2.45) is 0 Å².